The van der Waals surface area contributed by atoms with E-state index in [1.54, 1.807) is 4.90 Å². The van der Waals surface area contributed by atoms with Crippen molar-refractivity contribution >= 4 is 11.9 Å². The third kappa shape index (κ3) is 2.53. The molecule has 7 heteroatoms. The van der Waals surface area contributed by atoms with Gasteiger partial charge in [0, 0.05) is 25.9 Å². The van der Waals surface area contributed by atoms with Gasteiger partial charge in [0.2, 0.25) is 0 Å². The SMILES string of the molecule is O=C(O)C1CCC(C(=O)N2CCC3(CC2)OCCO3)O1. The number of rotatable bonds is 2. The second kappa shape index (κ2) is 5.31. The number of likely N-dealkylation sites (tertiary alicyclic amines) is 1. The summed E-state index contributed by atoms with van der Waals surface area (Å²) in [7, 11) is 0. The molecule has 20 heavy (non-hydrogen) atoms. The van der Waals surface area contributed by atoms with E-state index in [-0.39, 0.29) is 5.91 Å². The molecular weight excluding hydrogens is 266 g/mol. The average molecular weight is 285 g/mol. The van der Waals surface area contributed by atoms with Crippen LogP contribution in [-0.4, -0.2) is 66.2 Å². The van der Waals surface area contributed by atoms with Crippen molar-refractivity contribution < 1.29 is 28.9 Å². The number of hydrogen-bond acceptors (Lipinski definition) is 5. The van der Waals surface area contributed by atoms with E-state index >= 15 is 0 Å². The molecule has 0 aliphatic carbocycles. The highest BCUT2D eigenvalue weighted by atomic mass is 16.7. The van der Waals surface area contributed by atoms with Crippen molar-refractivity contribution in [3.05, 3.63) is 0 Å². The molecular formula is C13H19NO6. The van der Waals surface area contributed by atoms with Crippen LogP contribution in [0.25, 0.3) is 0 Å². The van der Waals surface area contributed by atoms with Crippen molar-refractivity contribution in [3.8, 4) is 0 Å². The first-order valence-corrected chi connectivity index (χ1v) is 7.05. The lowest BCUT2D eigenvalue weighted by atomic mass is 10.0. The molecule has 3 fully saturated rings. The first-order valence-electron chi connectivity index (χ1n) is 7.05. The smallest absolute Gasteiger partial charge is 0.332 e. The van der Waals surface area contributed by atoms with Gasteiger partial charge in [0.15, 0.2) is 11.9 Å². The van der Waals surface area contributed by atoms with Crippen LogP contribution >= 0.6 is 0 Å². The van der Waals surface area contributed by atoms with Crippen LogP contribution in [0.15, 0.2) is 0 Å². The molecule has 7 nitrogen and oxygen atoms in total. The minimum Gasteiger partial charge on any atom is -0.479 e. The van der Waals surface area contributed by atoms with E-state index < -0.39 is 24.0 Å². The molecule has 0 aromatic rings. The van der Waals surface area contributed by atoms with Crippen molar-refractivity contribution in [1.82, 2.24) is 4.90 Å². The Bertz CT molecular complexity index is 396. The fourth-order valence-corrected chi connectivity index (χ4v) is 3.06. The molecule has 0 saturated carbocycles. The van der Waals surface area contributed by atoms with Crippen LogP contribution in [0.3, 0.4) is 0 Å². The number of amides is 1. The molecule has 0 aromatic heterocycles. The summed E-state index contributed by atoms with van der Waals surface area (Å²) in [5.41, 5.74) is 0. The van der Waals surface area contributed by atoms with Gasteiger partial charge in [0.05, 0.1) is 13.2 Å². The second-order valence-electron chi connectivity index (χ2n) is 5.46. The third-order valence-corrected chi connectivity index (χ3v) is 4.22. The number of carbonyl (C=O) groups excluding carboxylic acids is 1. The molecule has 1 spiro atoms. The lowest BCUT2D eigenvalue weighted by Gasteiger charge is -2.38. The Morgan fingerprint density at radius 3 is 2.20 bits per heavy atom. The number of carboxylic acids is 1. The molecule has 0 aromatic carbocycles. The highest BCUT2D eigenvalue weighted by molar-refractivity contribution is 5.82. The number of nitrogens with zero attached hydrogens (tertiary/aromatic N) is 1. The minimum atomic E-state index is -0.995. The molecule has 3 heterocycles. The maximum atomic E-state index is 12.3. The predicted molar refractivity (Wildman–Crippen MR) is 66.0 cm³/mol. The Kier molecular flexibility index (Phi) is 3.66. The maximum absolute atomic E-state index is 12.3. The van der Waals surface area contributed by atoms with Crippen molar-refractivity contribution in [2.75, 3.05) is 26.3 Å². The van der Waals surface area contributed by atoms with Crippen LogP contribution in [0.2, 0.25) is 0 Å². The number of ether oxygens (including phenoxy) is 3. The van der Waals surface area contributed by atoms with E-state index in [2.05, 4.69) is 0 Å². The van der Waals surface area contributed by atoms with Crippen LogP contribution in [-0.2, 0) is 23.8 Å². The van der Waals surface area contributed by atoms with Crippen LogP contribution in [0.1, 0.15) is 25.7 Å². The quantitative estimate of drug-likeness (QED) is 0.767. The monoisotopic (exact) mass is 285 g/mol. The van der Waals surface area contributed by atoms with Gasteiger partial charge < -0.3 is 24.2 Å². The van der Waals surface area contributed by atoms with Gasteiger partial charge in [-0.2, -0.15) is 0 Å². The van der Waals surface area contributed by atoms with Gasteiger partial charge in [0.1, 0.15) is 6.10 Å². The first-order chi connectivity index (χ1) is 9.60. The zero-order valence-electron chi connectivity index (χ0n) is 11.2. The van der Waals surface area contributed by atoms with E-state index in [0.29, 0.717) is 52.0 Å². The predicted octanol–water partition coefficient (Wildman–Crippen LogP) is -0.0159. The molecule has 1 amide bonds. The zero-order valence-corrected chi connectivity index (χ0v) is 11.2. The Labute approximate surface area is 116 Å². The average Bonchev–Trinajstić information content (AvgIpc) is 3.08. The molecule has 3 saturated heterocycles. The Hall–Kier alpha value is -1.18. The van der Waals surface area contributed by atoms with Crippen molar-refractivity contribution in [3.63, 3.8) is 0 Å². The molecule has 0 radical (unpaired) electrons. The summed E-state index contributed by atoms with van der Waals surface area (Å²) >= 11 is 0. The van der Waals surface area contributed by atoms with E-state index in [0.717, 1.165) is 0 Å². The normalized spacial score (nSPS) is 32.7. The van der Waals surface area contributed by atoms with Gasteiger partial charge in [-0.15, -0.1) is 0 Å². The standard InChI is InChI=1S/C13H19NO6/c15-11(9-1-2-10(20-9)12(16)17)14-5-3-13(4-6-14)18-7-8-19-13/h9-10H,1-8H2,(H,16,17). The van der Waals surface area contributed by atoms with Gasteiger partial charge >= 0.3 is 5.97 Å². The van der Waals surface area contributed by atoms with E-state index in [1.807, 2.05) is 0 Å². The largest absolute Gasteiger partial charge is 0.479 e. The Balaban J connectivity index is 1.53. The van der Waals surface area contributed by atoms with Gasteiger partial charge in [-0.05, 0) is 12.8 Å². The summed E-state index contributed by atoms with van der Waals surface area (Å²) in [6, 6.07) is 0. The number of piperidine rings is 1. The van der Waals surface area contributed by atoms with Crippen LogP contribution in [0, 0.1) is 0 Å². The van der Waals surface area contributed by atoms with Gasteiger partial charge in [-0.3, -0.25) is 4.79 Å². The number of carboxylic acid groups (broad SMARTS) is 1. The molecule has 3 rings (SSSR count). The molecule has 3 aliphatic rings. The van der Waals surface area contributed by atoms with Gasteiger partial charge in [0.25, 0.3) is 5.91 Å². The molecule has 0 bridgehead atoms. The summed E-state index contributed by atoms with van der Waals surface area (Å²) in [4.78, 5) is 24.9. The van der Waals surface area contributed by atoms with Crippen LogP contribution in [0.4, 0.5) is 0 Å². The minimum absolute atomic E-state index is 0.110. The van der Waals surface area contributed by atoms with Crippen molar-refractivity contribution in [2.24, 2.45) is 0 Å². The number of carbonyl (C=O) groups is 2. The highest BCUT2D eigenvalue weighted by Crippen LogP contribution is 2.32. The molecule has 112 valence electrons. The molecule has 2 atom stereocenters. The molecule has 3 aliphatic heterocycles. The summed E-state index contributed by atoms with van der Waals surface area (Å²) in [5.74, 6) is -1.61. The fraction of sp³-hybridized carbons (Fsp3) is 0.846. The van der Waals surface area contributed by atoms with E-state index in [4.69, 9.17) is 19.3 Å². The van der Waals surface area contributed by atoms with Gasteiger partial charge in [-0.1, -0.05) is 0 Å². The molecule has 1 N–H and O–H groups in total. The lowest BCUT2D eigenvalue weighted by molar-refractivity contribution is -0.190. The lowest BCUT2D eigenvalue weighted by Crippen LogP contribution is -2.50. The third-order valence-electron chi connectivity index (χ3n) is 4.22. The van der Waals surface area contributed by atoms with Crippen LogP contribution in [0.5, 0.6) is 0 Å². The van der Waals surface area contributed by atoms with Crippen molar-refractivity contribution in [1.29, 1.82) is 0 Å². The summed E-state index contributed by atoms with van der Waals surface area (Å²) in [6.45, 7) is 2.35. The zero-order chi connectivity index (χ0) is 14.2. The fourth-order valence-electron chi connectivity index (χ4n) is 3.06. The van der Waals surface area contributed by atoms with E-state index in [1.165, 1.54) is 0 Å². The van der Waals surface area contributed by atoms with Crippen LogP contribution < -0.4 is 0 Å². The summed E-state index contributed by atoms with van der Waals surface area (Å²) < 4.78 is 16.5. The summed E-state index contributed by atoms with van der Waals surface area (Å²) in [5, 5.41) is 8.88. The number of hydrogen-bond donors (Lipinski definition) is 1. The highest BCUT2D eigenvalue weighted by Gasteiger charge is 2.43. The second-order valence-corrected chi connectivity index (χ2v) is 5.46. The van der Waals surface area contributed by atoms with Crippen molar-refractivity contribution in [2.45, 2.75) is 43.7 Å². The Morgan fingerprint density at radius 1 is 1.05 bits per heavy atom. The van der Waals surface area contributed by atoms with Gasteiger partial charge in [-0.25, -0.2) is 4.79 Å². The maximum Gasteiger partial charge on any atom is 0.332 e. The topological polar surface area (TPSA) is 85.3 Å². The summed E-state index contributed by atoms with van der Waals surface area (Å²) in [6.07, 6.45) is 0.735. The first kappa shape index (κ1) is 13.8. The van der Waals surface area contributed by atoms with E-state index in [9.17, 15) is 9.59 Å². The molecule has 2 unspecified atom stereocenters. The Morgan fingerprint density at radius 2 is 1.65 bits per heavy atom. The number of aliphatic carboxylic acids is 1.